The molecule has 0 aliphatic heterocycles. The summed E-state index contributed by atoms with van der Waals surface area (Å²) in [6, 6.07) is 2.15. The zero-order valence-electron chi connectivity index (χ0n) is 10.4. The van der Waals surface area contributed by atoms with Crippen LogP contribution in [0.4, 0.5) is 0 Å². The quantitative estimate of drug-likeness (QED) is 0.756. The Kier molecular flexibility index (Phi) is 3.93. The number of hydrogen-bond donors (Lipinski definition) is 1. The lowest BCUT2D eigenvalue weighted by molar-refractivity contribution is 0.659. The van der Waals surface area contributed by atoms with Crippen LogP contribution in [-0.2, 0) is 26.6 Å². The summed E-state index contributed by atoms with van der Waals surface area (Å²) in [4.78, 5) is 4.19. The minimum atomic E-state index is 0.870. The fourth-order valence-electron chi connectivity index (χ4n) is 1.72. The number of aromatic nitrogens is 4. The average Bonchev–Trinajstić information content (AvgIpc) is 2.93. The van der Waals surface area contributed by atoms with E-state index in [4.69, 9.17) is 0 Å². The van der Waals surface area contributed by atoms with Crippen LogP contribution in [0.3, 0.4) is 0 Å². The molecule has 0 aliphatic carbocycles. The SMILES string of the molecule is CCn1ccc(CNCCc2ncn(C)n2)c1. The summed E-state index contributed by atoms with van der Waals surface area (Å²) >= 11 is 0. The van der Waals surface area contributed by atoms with Crippen molar-refractivity contribution in [2.45, 2.75) is 26.4 Å². The van der Waals surface area contributed by atoms with E-state index in [1.54, 1.807) is 11.0 Å². The molecule has 92 valence electrons. The largest absolute Gasteiger partial charge is 0.354 e. The van der Waals surface area contributed by atoms with Crippen LogP contribution in [0, 0.1) is 0 Å². The lowest BCUT2D eigenvalue weighted by atomic mass is 10.3. The Bertz CT molecular complexity index is 457. The van der Waals surface area contributed by atoms with Crippen molar-refractivity contribution < 1.29 is 0 Å². The van der Waals surface area contributed by atoms with E-state index in [1.807, 2.05) is 7.05 Å². The fraction of sp³-hybridized carbons (Fsp3) is 0.500. The van der Waals surface area contributed by atoms with Gasteiger partial charge in [-0.2, -0.15) is 5.10 Å². The average molecular weight is 233 g/mol. The molecule has 0 saturated carbocycles. The first-order chi connectivity index (χ1) is 8.28. The summed E-state index contributed by atoms with van der Waals surface area (Å²) in [6.45, 7) is 4.98. The molecule has 5 heteroatoms. The van der Waals surface area contributed by atoms with Crippen molar-refractivity contribution >= 4 is 0 Å². The van der Waals surface area contributed by atoms with Gasteiger partial charge in [0.05, 0.1) is 0 Å². The maximum atomic E-state index is 4.23. The summed E-state index contributed by atoms with van der Waals surface area (Å²) in [6.07, 6.45) is 6.88. The molecule has 17 heavy (non-hydrogen) atoms. The molecule has 5 nitrogen and oxygen atoms in total. The zero-order chi connectivity index (χ0) is 12.1. The first kappa shape index (κ1) is 11.9. The van der Waals surface area contributed by atoms with Crippen LogP contribution < -0.4 is 5.32 Å². The molecule has 2 aromatic rings. The Balaban J connectivity index is 1.69. The highest BCUT2D eigenvalue weighted by molar-refractivity contribution is 5.09. The van der Waals surface area contributed by atoms with Gasteiger partial charge in [-0.1, -0.05) is 0 Å². The van der Waals surface area contributed by atoms with Gasteiger partial charge >= 0.3 is 0 Å². The van der Waals surface area contributed by atoms with Crippen molar-refractivity contribution in [1.82, 2.24) is 24.6 Å². The van der Waals surface area contributed by atoms with Crippen molar-refractivity contribution in [2.75, 3.05) is 6.54 Å². The van der Waals surface area contributed by atoms with E-state index < -0.39 is 0 Å². The molecule has 1 N–H and O–H groups in total. The third-order valence-corrected chi connectivity index (χ3v) is 2.68. The Labute approximate surface area is 101 Å². The molecule has 0 aromatic carbocycles. The summed E-state index contributed by atoms with van der Waals surface area (Å²) in [7, 11) is 1.89. The van der Waals surface area contributed by atoms with Crippen LogP contribution in [-0.4, -0.2) is 25.9 Å². The minimum Gasteiger partial charge on any atom is -0.354 e. The normalized spacial score (nSPS) is 10.9. The van der Waals surface area contributed by atoms with Gasteiger partial charge < -0.3 is 9.88 Å². The third-order valence-electron chi connectivity index (χ3n) is 2.68. The molecule has 0 aliphatic rings. The highest BCUT2D eigenvalue weighted by Crippen LogP contribution is 2.00. The number of nitrogens with one attached hydrogen (secondary N) is 1. The van der Waals surface area contributed by atoms with Gasteiger partial charge in [0.15, 0.2) is 5.82 Å². The first-order valence-electron chi connectivity index (χ1n) is 5.98. The van der Waals surface area contributed by atoms with Gasteiger partial charge in [-0.25, -0.2) is 4.98 Å². The number of hydrogen-bond acceptors (Lipinski definition) is 3. The molecule has 2 heterocycles. The molecule has 2 aromatic heterocycles. The highest BCUT2D eigenvalue weighted by Gasteiger charge is 1.99. The zero-order valence-corrected chi connectivity index (χ0v) is 10.4. The molecule has 0 spiro atoms. The van der Waals surface area contributed by atoms with Crippen LogP contribution >= 0.6 is 0 Å². The van der Waals surface area contributed by atoms with E-state index in [0.29, 0.717) is 0 Å². The van der Waals surface area contributed by atoms with E-state index >= 15 is 0 Å². The van der Waals surface area contributed by atoms with Gasteiger partial charge in [0.25, 0.3) is 0 Å². The summed E-state index contributed by atoms with van der Waals surface area (Å²) < 4.78 is 3.91. The molecule has 0 amide bonds. The Hall–Kier alpha value is -1.62. The molecule has 0 atom stereocenters. The fourth-order valence-corrected chi connectivity index (χ4v) is 1.72. The highest BCUT2D eigenvalue weighted by atomic mass is 15.3. The van der Waals surface area contributed by atoms with E-state index in [9.17, 15) is 0 Å². The molecule has 0 bridgehead atoms. The van der Waals surface area contributed by atoms with Crippen LogP contribution in [0.15, 0.2) is 24.8 Å². The van der Waals surface area contributed by atoms with Gasteiger partial charge in [0.1, 0.15) is 6.33 Å². The predicted molar refractivity (Wildman–Crippen MR) is 66.5 cm³/mol. The molecule has 0 radical (unpaired) electrons. The van der Waals surface area contributed by atoms with E-state index in [1.165, 1.54) is 5.56 Å². The van der Waals surface area contributed by atoms with Gasteiger partial charge in [-0.05, 0) is 18.6 Å². The summed E-state index contributed by atoms with van der Waals surface area (Å²) in [5, 5.41) is 7.63. The smallest absolute Gasteiger partial charge is 0.151 e. The number of aryl methyl sites for hydroxylation is 2. The molecule has 0 saturated heterocycles. The van der Waals surface area contributed by atoms with Crippen LogP contribution in [0.2, 0.25) is 0 Å². The Morgan fingerprint density at radius 1 is 1.41 bits per heavy atom. The lowest BCUT2D eigenvalue weighted by Gasteiger charge is -2.01. The lowest BCUT2D eigenvalue weighted by Crippen LogP contribution is -2.17. The Morgan fingerprint density at radius 3 is 2.94 bits per heavy atom. The molecule has 0 fully saturated rings. The van der Waals surface area contributed by atoms with Crippen molar-refractivity contribution in [3.63, 3.8) is 0 Å². The van der Waals surface area contributed by atoms with Gasteiger partial charge in [0.2, 0.25) is 0 Å². The van der Waals surface area contributed by atoms with E-state index in [2.05, 4.69) is 45.4 Å². The maximum absolute atomic E-state index is 4.23. The van der Waals surface area contributed by atoms with Gasteiger partial charge in [0, 0.05) is 45.5 Å². The van der Waals surface area contributed by atoms with Crippen molar-refractivity contribution in [2.24, 2.45) is 7.05 Å². The monoisotopic (exact) mass is 233 g/mol. The van der Waals surface area contributed by atoms with Crippen molar-refractivity contribution in [1.29, 1.82) is 0 Å². The summed E-state index contributed by atoms with van der Waals surface area (Å²) in [5.41, 5.74) is 1.32. The summed E-state index contributed by atoms with van der Waals surface area (Å²) in [5.74, 6) is 0.895. The topological polar surface area (TPSA) is 47.7 Å². The number of rotatable bonds is 6. The Morgan fingerprint density at radius 2 is 2.29 bits per heavy atom. The molecule has 0 unspecified atom stereocenters. The molecular formula is C12H19N5. The van der Waals surface area contributed by atoms with Crippen molar-refractivity contribution in [3.8, 4) is 0 Å². The standard InChI is InChI=1S/C12H19N5/c1-3-17-7-5-11(9-17)8-13-6-4-12-14-10-16(2)15-12/h5,7,9-10,13H,3-4,6,8H2,1-2H3. The van der Waals surface area contributed by atoms with E-state index in [-0.39, 0.29) is 0 Å². The number of nitrogens with zero attached hydrogens (tertiary/aromatic N) is 4. The predicted octanol–water partition coefficient (Wildman–Crippen LogP) is 0.969. The minimum absolute atomic E-state index is 0.870. The van der Waals surface area contributed by atoms with Crippen LogP contribution in [0.5, 0.6) is 0 Å². The second kappa shape index (κ2) is 5.63. The van der Waals surface area contributed by atoms with E-state index in [0.717, 1.165) is 31.9 Å². The van der Waals surface area contributed by atoms with Crippen molar-refractivity contribution in [3.05, 3.63) is 36.2 Å². The third kappa shape index (κ3) is 3.42. The molecular weight excluding hydrogens is 214 g/mol. The first-order valence-corrected chi connectivity index (χ1v) is 5.98. The maximum Gasteiger partial charge on any atom is 0.151 e. The van der Waals surface area contributed by atoms with Gasteiger partial charge in [-0.15, -0.1) is 0 Å². The molecule has 2 rings (SSSR count). The van der Waals surface area contributed by atoms with Crippen LogP contribution in [0.25, 0.3) is 0 Å². The van der Waals surface area contributed by atoms with Crippen LogP contribution in [0.1, 0.15) is 18.3 Å². The van der Waals surface area contributed by atoms with Gasteiger partial charge in [-0.3, -0.25) is 4.68 Å². The second-order valence-electron chi connectivity index (χ2n) is 4.11. The second-order valence-corrected chi connectivity index (χ2v) is 4.11.